The SMILES string of the molecule is C=C1c2ccccc2OC1NS(=O)(=O)c1ccc(C)cc1. The van der Waals surface area contributed by atoms with E-state index in [-0.39, 0.29) is 4.90 Å². The maximum absolute atomic E-state index is 12.4. The van der Waals surface area contributed by atoms with E-state index in [0.717, 1.165) is 11.1 Å². The molecule has 0 fully saturated rings. The van der Waals surface area contributed by atoms with Crippen LogP contribution in [0, 0.1) is 6.92 Å². The molecule has 4 nitrogen and oxygen atoms in total. The van der Waals surface area contributed by atoms with Crippen molar-refractivity contribution in [1.82, 2.24) is 4.72 Å². The lowest BCUT2D eigenvalue weighted by atomic mass is 10.1. The van der Waals surface area contributed by atoms with Crippen molar-refractivity contribution in [3.05, 3.63) is 66.2 Å². The molecular weight excluding hydrogens is 286 g/mol. The Bertz CT molecular complexity index is 795. The molecule has 1 aliphatic rings. The van der Waals surface area contributed by atoms with E-state index in [1.165, 1.54) is 0 Å². The second-order valence-electron chi connectivity index (χ2n) is 4.95. The Hall–Kier alpha value is -2.11. The number of aryl methyl sites for hydroxylation is 1. The second kappa shape index (κ2) is 5.02. The van der Waals surface area contributed by atoms with Crippen molar-refractivity contribution >= 4 is 15.6 Å². The summed E-state index contributed by atoms with van der Waals surface area (Å²) < 4.78 is 32.9. The van der Waals surface area contributed by atoms with Crippen LogP contribution in [-0.4, -0.2) is 14.6 Å². The van der Waals surface area contributed by atoms with Gasteiger partial charge in [-0.25, -0.2) is 8.42 Å². The summed E-state index contributed by atoms with van der Waals surface area (Å²) in [6.45, 7) is 5.82. The quantitative estimate of drug-likeness (QED) is 0.948. The van der Waals surface area contributed by atoms with E-state index >= 15 is 0 Å². The number of fused-ring (bicyclic) bond motifs is 1. The van der Waals surface area contributed by atoms with Crippen molar-refractivity contribution in [3.8, 4) is 5.75 Å². The van der Waals surface area contributed by atoms with Crippen LogP contribution in [0.5, 0.6) is 5.75 Å². The number of rotatable bonds is 3. The maximum Gasteiger partial charge on any atom is 0.243 e. The van der Waals surface area contributed by atoms with E-state index in [4.69, 9.17) is 4.74 Å². The van der Waals surface area contributed by atoms with Crippen molar-refractivity contribution in [2.24, 2.45) is 0 Å². The summed E-state index contributed by atoms with van der Waals surface area (Å²) >= 11 is 0. The summed E-state index contributed by atoms with van der Waals surface area (Å²) in [6, 6.07) is 14.0. The molecule has 1 unspecified atom stereocenters. The molecule has 0 amide bonds. The topological polar surface area (TPSA) is 55.4 Å². The van der Waals surface area contributed by atoms with Crippen LogP contribution in [0.2, 0.25) is 0 Å². The highest BCUT2D eigenvalue weighted by molar-refractivity contribution is 7.89. The number of benzene rings is 2. The van der Waals surface area contributed by atoms with Gasteiger partial charge in [0.05, 0.1) is 4.90 Å². The first kappa shape index (κ1) is 13.9. The molecule has 3 rings (SSSR count). The Morgan fingerprint density at radius 3 is 2.43 bits per heavy atom. The third-order valence-electron chi connectivity index (χ3n) is 3.39. The molecule has 1 heterocycles. The van der Waals surface area contributed by atoms with Crippen LogP contribution in [0.3, 0.4) is 0 Å². The fourth-order valence-electron chi connectivity index (χ4n) is 2.20. The van der Waals surface area contributed by atoms with Gasteiger partial charge in [-0.15, -0.1) is 0 Å². The minimum atomic E-state index is -3.65. The van der Waals surface area contributed by atoms with Crippen molar-refractivity contribution < 1.29 is 13.2 Å². The van der Waals surface area contributed by atoms with E-state index < -0.39 is 16.3 Å². The highest BCUT2D eigenvalue weighted by Crippen LogP contribution is 2.35. The van der Waals surface area contributed by atoms with Gasteiger partial charge in [0, 0.05) is 11.1 Å². The van der Waals surface area contributed by atoms with Crippen LogP contribution in [0.1, 0.15) is 11.1 Å². The molecule has 1 N–H and O–H groups in total. The minimum Gasteiger partial charge on any atom is -0.469 e. The van der Waals surface area contributed by atoms with Crippen LogP contribution in [0.25, 0.3) is 5.57 Å². The summed E-state index contributed by atoms with van der Waals surface area (Å²) in [5, 5.41) is 0. The lowest BCUT2D eigenvalue weighted by Crippen LogP contribution is -2.37. The molecule has 1 atom stereocenters. The van der Waals surface area contributed by atoms with Crippen molar-refractivity contribution in [3.63, 3.8) is 0 Å². The van der Waals surface area contributed by atoms with Gasteiger partial charge in [0.15, 0.2) is 6.23 Å². The monoisotopic (exact) mass is 301 g/mol. The van der Waals surface area contributed by atoms with Crippen LogP contribution in [0.15, 0.2) is 60.0 Å². The zero-order valence-corrected chi connectivity index (χ0v) is 12.4. The Labute approximate surface area is 124 Å². The molecule has 0 radical (unpaired) electrons. The van der Waals surface area contributed by atoms with Gasteiger partial charge in [0.25, 0.3) is 0 Å². The number of nitrogens with one attached hydrogen (secondary N) is 1. The van der Waals surface area contributed by atoms with Crippen LogP contribution in [-0.2, 0) is 10.0 Å². The molecule has 0 saturated carbocycles. The van der Waals surface area contributed by atoms with Gasteiger partial charge in [-0.05, 0) is 25.1 Å². The van der Waals surface area contributed by atoms with Gasteiger partial charge < -0.3 is 4.74 Å². The van der Waals surface area contributed by atoms with Gasteiger partial charge >= 0.3 is 0 Å². The molecule has 5 heteroatoms. The normalized spacial score (nSPS) is 17.4. The number of ether oxygens (including phenoxy) is 1. The third kappa shape index (κ3) is 2.57. The Balaban J connectivity index is 1.85. The summed E-state index contributed by atoms with van der Waals surface area (Å²) in [5.41, 5.74) is 2.44. The maximum atomic E-state index is 12.4. The number of sulfonamides is 1. The zero-order chi connectivity index (χ0) is 15.0. The number of hydrogen-bond acceptors (Lipinski definition) is 3. The van der Waals surface area contributed by atoms with Crippen LogP contribution >= 0.6 is 0 Å². The number of para-hydroxylation sites is 1. The molecule has 0 saturated heterocycles. The summed E-state index contributed by atoms with van der Waals surface area (Å²) in [5.74, 6) is 0.638. The van der Waals surface area contributed by atoms with Gasteiger partial charge in [-0.2, -0.15) is 4.72 Å². The van der Waals surface area contributed by atoms with Crippen molar-refractivity contribution in [1.29, 1.82) is 0 Å². The van der Waals surface area contributed by atoms with Crippen molar-refractivity contribution in [2.75, 3.05) is 0 Å². The lowest BCUT2D eigenvalue weighted by molar-refractivity contribution is 0.265. The highest BCUT2D eigenvalue weighted by Gasteiger charge is 2.30. The summed E-state index contributed by atoms with van der Waals surface area (Å²) in [4.78, 5) is 0.209. The standard InChI is InChI=1S/C16H15NO3S/c1-11-7-9-13(10-8-11)21(18,19)17-16-12(2)14-5-3-4-6-15(14)20-16/h3-10,16-17H,2H2,1H3. The van der Waals surface area contributed by atoms with E-state index in [0.29, 0.717) is 11.3 Å². The first-order valence-electron chi connectivity index (χ1n) is 6.51. The Morgan fingerprint density at radius 2 is 1.76 bits per heavy atom. The molecule has 108 valence electrons. The van der Waals surface area contributed by atoms with Crippen LogP contribution in [0.4, 0.5) is 0 Å². The summed E-state index contributed by atoms with van der Waals surface area (Å²) in [6.07, 6.45) is -0.770. The predicted octanol–water partition coefficient (Wildman–Crippen LogP) is 2.71. The molecule has 0 bridgehead atoms. The van der Waals surface area contributed by atoms with E-state index in [1.54, 1.807) is 30.3 Å². The predicted molar refractivity (Wildman–Crippen MR) is 81.4 cm³/mol. The minimum absolute atomic E-state index is 0.209. The second-order valence-corrected chi connectivity index (χ2v) is 6.67. The fraction of sp³-hybridized carbons (Fsp3) is 0.125. The molecule has 2 aromatic carbocycles. The average Bonchev–Trinajstić information content (AvgIpc) is 2.76. The first-order valence-corrected chi connectivity index (χ1v) is 7.99. The van der Waals surface area contributed by atoms with Crippen molar-refractivity contribution in [2.45, 2.75) is 18.0 Å². The Morgan fingerprint density at radius 1 is 1.10 bits per heavy atom. The summed E-state index contributed by atoms with van der Waals surface area (Å²) in [7, 11) is -3.65. The van der Waals surface area contributed by atoms with E-state index in [1.807, 2.05) is 25.1 Å². The molecule has 0 spiro atoms. The Kier molecular flexibility index (Phi) is 3.31. The average molecular weight is 301 g/mol. The lowest BCUT2D eigenvalue weighted by Gasteiger charge is -2.14. The van der Waals surface area contributed by atoms with Gasteiger partial charge in [-0.1, -0.05) is 42.5 Å². The molecule has 1 aliphatic heterocycles. The molecular formula is C16H15NO3S. The van der Waals surface area contributed by atoms with Gasteiger partial charge in [-0.3, -0.25) is 0 Å². The van der Waals surface area contributed by atoms with Crippen LogP contribution < -0.4 is 9.46 Å². The molecule has 21 heavy (non-hydrogen) atoms. The molecule has 2 aromatic rings. The molecule has 0 aromatic heterocycles. The van der Waals surface area contributed by atoms with Gasteiger partial charge in [0.2, 0.25) is 10.0 Å². The van der Waals surface area contributed by atoms with E-state index in [9.17, 15) is 8.42 Å². The third-order valence-corrected chi connectivity index (χ3v) is 4.80. The highest BCUT2D eigenvalue weighted by atomic mass is 32.2. The first-order chi connectivity index (χ1) is 9.97. The zero-order valence-electron chi connectivity index (χ0n) is 11.5. The molecule has 0 aliphatic carbocycles. The van der Waals surface area contributed by atoms with Gasteiger partial charge in [0.1, 0.15) is 5.75 Å². The number of hydrogen-bond donors (Lipinski definition) is 1. The smallest absolute Gasteiger partial charge is 0.243 e. The van der Waals surface area contributed by atoms with E-state index in [2.05, 4.69) is 11.3 Å². The fourth-order valence-corrected chi connectivity index (χ4v) is 3.30. The largest absolute Gasteiger partial charge is 0.469 e.